The first-order valence-corrected chi connectivity index (χ1v) is 9.05. The van der Waals surface area contributed by atoms with Gasteiger partial charge in [0.25, 0.3) is 0 Å². The van der Waals surface area contributed by atoms with Crippen molar-refractivity contribution in [2.24, 2.45) is 0 Å². The molecule has 0 radical (unpaired) electrons. The van der Waals surface area contributed by atoms with Gasteiger partial charge in [-0.3, -0.25) is 4.79 Å². The fourth-order valence-corrected chi connectivity index (χ4v) is 3.27. The highest BCUT2D eigenvalue weighted by Gasteiger charge is 2.38. The molecule has 1 aliphatic heterocycles. The zero-order chi connectivity index (χ0) is 21.0. The number of ether oxygens (including phenoxy) is 6. The van der Waals surface area contributed by atoms with Crippen LogP contribution in [0.3, 0.4) is 0 Å². The Morgan fingerprint density at radius 3 is 2.24 bits per heavy atom. The molecule has 0 unspecified atom stereocenters. The fraction of sp³-hybridized carbons (Fsp3) is 0.381. The number of aliphatic hydroxyl groups is 1. The highest BCUT2D eigenvalue weighted by atomic mass is 16.7. The molecule has 0 amide bonds. The average molecular weight is 404 g/mol. The molecule has 2 aromatic carbocycles. The largest absolute Gasteiger partial charge is 0.493 e. The maximum Gasteiger partial charge on any atom is 0.309 e. The maximum absolute atomic E-state index is 12.3. The van der Waals surface area contributed by atoms with Crippen molar-refractivity contribution in [3.8, 4) is 28.7 Å². The summed E-state index contributed by atoms with van der Waals surface area (Å²) in [4.78, 5) is 12.3. The number of carbonyl (C=O) groups is 1. The van der Waals surface area contributed by atoms with Crippen molar-refractivity contribution >= 4 is 5.97 Å². The molecule has 1 aliphatic rings. The molecule has 0 saturated heterocycles. The van der Waals surface area contributed by atoms with Crippen LogP contribution in [0.4, 0.5) is 0 Å². The summed E-state index contributed by atoms with van der Waals surface area (Å²) in [5.41, 5.74) is -0.928. The molecular weight excluding hydrogens is 380 g/mol. The van der Waals surface area contributed by atoms with Crippen LogP contribution in [0.2, 0.25) is 0 Å². The Labute approximate surface area is 168 Å². The third kappa shape index (κ3) is 3.88. The van der Waals surface area contributed by atoms with E-state index in [4.69, 9.17) is 28.4 Å². The van der Waals surface area contributed by atoms with Crippen LogP contribution < -0.4 is 23.7 Å². The van der Waals surface area contributed by atoms with Crippen LogP contribution in [0.25, 0.3) is 0 Å². The molecule has 0 aliphatic carbocycles. The lowest BCUT2D eigenvalue weighted by Crippen LogP contribution is -2.31. The number of benzene rings is 2. The van der Waals surface area contributed by atoms with E-state index in [1.165, 1.54) is 21.3 Å². The summed E-state index contributed by atoms with van der Waals surface area (Å²) in [7, 11) is 4.45. The van der Waals surface area contributed by atoms with Gasteiger partial charge in [-0.1, -0.05) is 6.07 Å². The number of esters is 1. The van der Waals surface area contributed by atoms with Crippen LogP contribution in [-0.2, 0) is 15.1 Å². The van der Waals surface area contributed by atoms with E-state index in [1.807, 2.05) is 0 Å². The minimum absolute atomic E-state index is 0.0965. The molecule has 3 rings (SSSR count). The van der Waals surface area contributed by atoms with E-state index in [2.05, 4.69) is 0 Å². The number of fused-ring (bicyclic) bond motifs is 1. The lowest BCUT2D eigenvalue weighted by atomic mass is 9.83. The lowest BCUT2D eigenvalue weighted by molar-refractivity contribution is -0.147. The van der Waals surface area contributed by atoms with Gasteiger partial charge in [0.15, 0.2) is 23.0 Å². The predicted molar refractivity (Wildman–Crippen MR) is 103 cm³/mol. The van der Waals surface area contributed by atoms with Crippen molar-refractivity contribution < 1.29 is 38.3 Å². The second-order valence-corrected chi connectivity index (χ2v) is 6.32. The van der Waals surface area contributed by atoms with E-state index in [0.717, 1.165) is 0 Å². The Morgan fingerprint density at radius 2 is 1.66 bits per heavy atom. The number of hydrogen-bond donors (Lipinski definition) is 1. The first-order chi connectivity index (χ1) is 14.0. The van der Waals surface area contributed by atoms with Gasteiger partial charge >= 0.3 is 5.97 Å². The standard InChI is InChI=1S/C21H24O8/c1-5-27-19(22)11-21(23,13-6-7-15-16(8-13)29-12-28-15)14-9-17(24-2)20(26-4)18(10-14)25-3/h6-10,23H,5,11-12H2,1-4H3/t21-/m0/s1. The third-order valence-corrected chi connectivity index (χ3v) is 4.70. The summed E-state index contributed by atoms with van der Waals surface area (Å²) < 4.78 is 32.0. The quantitative estimate of drug-likeness (QED) is 0.672. The molecule has 2 aromatic rings. The molecule has 8 nitrogen and oxygen atoms in total. The summed E-state index contributed by atoms with van der Waals surface area (Å²) in [5.74, 6) is 1.58. The van der Waals surface area contributed by atoms with Crippen LogP contribution in [-0.4, -0.2) is 45.8 Å². The van der Waals surface area contributed by atoms with Gasteiger partial charge in [-0.25, -0.2) is 0 Å². The van der Waals surface area contributed by atoms with Gasteiger partial charge < -0.3 is 33.5 Å². The van der Waals surface area contributed by atoms with Crippen LogP contribution in [0.5, 0.6) is 28.7 Å². The topological polar surface area (TPSA) is 92.7 Å². The minimum atomic E-state index is -1.74. The molecule has 156 valence electrons. The number of rotatable bonds is 8. The number of hydrogen-bond acceptors (Lipinski definition) is 8. The molecule has 8 heteroatoms. The van der Waals surface area contributed by atoms with Crippen molar-refractivity contribution in [3.05, 3.63) is 41.5 Å². The smallest absolute Gasteiger partial charge is 0.309 e. The summed E-state index contributed by atoms with van der Waals surface area (Å²) in [6.45, 7) is 2.00. The molecular formula is C21H24O8. The van der Waals surface area contributed by atoms with Crippen molar-refractivity contribution in [1.82, 2.24) is 0 Å². The zero-order valence-electron chi connectivity index (χ0n) is 16.8. The van der Waals surface area contributed by atoms with Crippen molar-refractivity contribution in [2.75, 3.05) is 34.7 Å². The molecule has 0 spiro atoms. The van der Waals surface area contributed by atoms with Gasteiger partial charge in [-0.05, 0) is 42.3 Å². The van der Waals surface area contributed by atoms with Crippen molar-refractivity contribution in [1.29, 1.82) is 0 Å². The summed E-state index contributed by atoms with van der Waals surface area (Å²) in [6, 6.07) is 8.21. The summed E-state index contributed by atoms with van der Waals surface area (Å²) in [6.07, 6.45) is -0.320. The molecule has 0 aromatic heterocycles. The maximum atomic E-state index is 12.3. The first-order valence-electron chi connectivity index (χ1n) is 9.05. The van der Waals surface area contributed by atoms with Crippen LogP contribution in [0, 0.1) is 0 Å². The third-order valence-electron chi connectivity index (χ3n) is 4.70. The molecule has 1 N–H and O–H groups in total. The Kier molecular flexibility index (Phi) is 6.03. The molecule has 0 saturated carbocycles. The van der Waals surface area contributed by atoms with Gasteiger partial charge in [-0.2, -0.15) is 0 Å². The van der Waals surface area contributed by atoms with Crippen LogP contribution in [0.1, 0.15) is 24.5 Å². The summed E-state index contributed by atoms with van der Waals surface area (Å²) >= 11 is 0. The number of carbonyl (C=O) groups excluding carboxylic acids is 1. The Bertz CT molecular complexity index is 869. The highest BCUT2D eigenvalue weighted by molar-refractivity contribution is 5.73. The Morgan fingerprint density at radius 1 is 1.00 bits per heavy atom. The molecule has 0 bridgehead atoms. The van der Waals surface area contributed by atoms with Crippen molar-refractivity contribution in [2.45, 2.75) is 18.9 Å². The monoisotopic (exact) mass is 404 g/mol. The molecule has 29 heavy (non-hydrogen) atoms. The minimum Gasteiger partial charge on any atom is -0.493 e. The average Bonchev–Trinajstić information content (AvgIpc) is 3.20. The van der Waals surface area contributed by atoms with E-state index in [9.17, 15) is 9.90 Å². The van der Waals surface area contributed by atoms with Crippen LogP contribution in [0.15, 0.2) is 30.3 Å². The molecule has 1 atom stereocenters. The SMILES string of the molecule is CCOC(=O)C[C@](O)(c1ccc2c(c1)OCO2)c1cc(OC)c(OC)c(OC)c1. The van der Waals surface area contributed by atoms with Gasteiger partial charge in [0.1, 0.15) is 5.60 Å². The van der Waals surface area contributed by atoms with Gasteiger partial charge in [0, 0.05) is 0 Å². The summed E-state index contributed by atoms with van der Waals surface area (Å²) in [5, 5.41) is 11.7. The Balaban J connectivity index is 2.16. The normalized spacial score (nSPS) is 14.1. The van der Waals surface area contributed by atoms with E-state index in [-0.39, 0.29) is 19.8 Å². The number of methoxy groups -OCH3 is 3. The zero-order valence-corrected chi connectivity index (χ0v) is 16.8. The highest BCUT2D eigenvalue weighted by Crippen LogP contribution is 2.45. The van der Waals surface area contributed by atoms with Gasteiger partial charge in [0.05, 0.1) is 34.4 Å². The van der Waals surface area contributed by atoms with Gasteiger partial charge in [0.2, 0.25) is 12.5 Å². The Hall–Kier alpha value is -3.13. The van der Waals surface area contributed by atoms with E-state index in [1.54, 1.807) is 37.3 Å². The fourth-order valence-electron chi connectivity index (χ4n) is 3.27. The lowest BCUT2D eigenvalue weighted by Gasteiger charge is -2.30. The van der Waals surface area contributed by atoms with Gasteiger partial charge in [-0.15, -0.1) is 0 Å². The van der Waals surface area contributed by atoms with Crippen LogP contribution >= 0.6 is 0 Å². The van der Waals surface area contributed by atoms with Crippen molar-refractivity contribution in [3.63, 3.8) is 0 Å². The molecule has 0 fully saturated rings. The molecule has 1 heterocycles. The van der Waals surface area contributed by atoms with E-state index >= 15 is 0 Å². The van der Waals surface area contributed by atoms with E-state index in [0.29, 0.717) is 39.9 Å². The first kappa shape index (κ1) is 20.6. The predicted octanol–water partition coefficient (Wildman–Crippen LogP) is 2.63. The second kappa shape index (κ2) is 8.48. The second-order valence-electron chi connectivity index (χ2n) is 6.32. The van der Waals surface area contributed by atoms with E-state index < -0.39 is 11.6 Å².